The quantitative estimate of drug-likeness (QED) is 0.431. The summed E-state index contributed by atoms with van der Waals surface area (Å²) in [5.74, 6) is 2.50. The topological polar surface area (TPSA) is 115 Å². The molecule has 6 nitrogen and oxygen atoms in total. The number of hydrogen-bond donors (Lipinski definition) is 4. The van der Waals surface area contributed by atoms with Crippen molar-refractivity contribution in [3.63, 3.8) is 0 Å². The van der Waals surface area contributed by atoms with E-state index < -0.39 is 12.3 Å². The fraction of sp³-hybridized carbons (Fsp3) is 0.867. The van der Waals surface area contributed by atoms with E-state index in [4.69, 9.17) is 30.0 Å². The van der Waals surface area contributed by atoms with Crippen LogP contribution in [-0.4, -0.2) is 32.7 Å². The van der Waals surface area contributed by atoms with Gasteiger partial charge >= 0.3 is 12.3 Å². The molecule has 6 heteroatoms. The van der Waals surface area contributed by atoms with E-state index in [-0.39, 0.29) is 7.43 Å². The van der Waals surface area contributed by atoms with Crippen molar-refractivity contribution in [1.82, 2.24) is 0 Å². The van der Waals surface area contributed by atoms with Crippen LogP contribution in [0.1, 0.15) is 69.7 Å². The lowest BCUT2D eigenvalue weighted by atomic mass is 10.3. The van der Waals surface area contributed by atoms with Crippen LogP contribution in [0.4, 0.5) is 9.59 Å². The van der Waals surface area contributed by atoms with Gasteiger partial charge in [0.2, 0.25) is 0 Å². The Labute approximate surface area is 130 Å². The van der Waals surface area contributed by atoms with Gasteiger partial charge in [0.25, 0.3) is 0 Å². The lowest BCUT2D eigenvalue weighted by molar-refractivity contribution is 0.135. The summed E-state index contributed by atoms with van der Waals surface area (Å²) in [5, 5.41) is 27.9. The van der Waals surface area contributed by atoms with Crippen LogP contribution in [0.2, 0.25) is 0 Å². The maximum absolute atomic E-state index is 8.56. The van der Waals surface area contributed by atoms with Gasteiger partial charge in [0.05, 0.1) is 0 Å². The van der Waals surface area contributed by atoms with Crippen LogP contribution < -0.4 is 0 Å². The third-order valence-corrected chi connectivity index (χ3v) is 0. The van der Waals surface area contributed by atoms with Crippen molar-refractivity contribution in [2.24, 2.45) is 17.8 Å². The zero-order valence-electron chi connectivity index (χ0n) is 14.3. The maximum Gasteiger partial charge on any atom is 0.503 e. The van der Waals surface area contributed by atoms with Crippen LogP contribution in [-0.2, 0) is 0 Å². The molecule has 0 bridgehead atoms. The van der Waals surface area contributed by atoms with Crippen molar-refractivity contribution < 1.29 is 30.0 Å². The van der Waals surface area contributed by atoms with Crippen molar-refractivity contribution >= 4 is 12.3 Å². The number of carbonyl (C=O) groups is 2. The number of hydrogen-bond acceptors (Lipinski definition) is 2. The highest BCUT2D eigenvalue weighted by Gasteiger charge is 1.70. The molecule has 0 saturated carbocycles. The predicted octanol–water partition coefficient (Wildman–Crippen LogP) is 6.07. The summed E-state index contributed by atoms with van der Waals surface area (Å²) in [6, 6.07) is 0. The summed E-state index contributed by atoms with van der Waals surface area (Å²) in [6.07, 6.45) is -3.67. The fourth-order valence-corrected chi connectivity index (χ4v) is 0. The van der Waals surface area contributed by atoms with E-state index in [1.165, 1.54) is 0 Å². The first-order chi connectivity index (χ1) is 8.66. The molecule has 0 rings (SSSR count). The van der Waals surface area contributed by atoms with Gasteiger partial charge in [0, 0.05) is 0 Å². The number of carboxylic acid groups (broad SMARTS) is 4. The molecule has 0 aliphatic carbocycles. The molecular weight excluding hydrogens is 276 g/mol. The molecule has 134 valence electrons. The van der Waals surface area contributed by atoms with Gasteiger partial charge in [-0.1, -0.05) is 69.7 Å². The standard InChI is InChI=1S/3C4H10.2CH2O3.CH4/c3*1-4(2)3;2*2-1(3)4;/h3*4H,1-3H3;2*(H2,2,3,4);1H4. The first kappa shape index (κ1) is 36.6. The van der Waals surface area contributed by atoms with Crippen molar-refractivity contribution in [3.05, 3.63) is 0 Å². The molecule has 0 spiro atoms. The predicted molar refractivity (Wildman–Crippen MR) is 89.6 cm³/mol. The first-order valence-corrected chi connectivity index (χ1v) is 6.50. The van der Waals surface area contributed by atoms with Crippen molar-refractivity contribution in [3.8, 4) is 0 Å². The highest BCUT2D eigenvalue weighted by molar-refractivity contribution is 5.53. The zero-order chi connectivity index (χ0) is 17.9. The Morgan fingerprint density at radius 3 is 0.524 bits per heavy atom. The Bertz CT molecular complexity index is 146. The molecule has 0 aliphatic rings. The molecule has 0 heterocycles. The average molecular weight is 314 g/mol. The monoisotopic (exact) mass is 314 g/mol. The molecule has 21 heavy (non-hydrogen) atoms. The van der Waals surface area contributed by atoms with Gasteiger partial charge in [0.15, 0.2) is 0 Å². The minimum absolute atomic E-state index is 0. The minimum Gasteiger partial charge on any atom is -0.450 e. The molecule has 0 aliphatic heterocycles. The third-order valence-electron chi connectivity index (χ3n) is 0. The van der Waals surface area contributed by atoms with Gasteiger partial charge in [-0.2, -0.15) is 0 Å². The molecule has 0 aromatic carbocycles. The van der Waals surface area contributed by atoms with Crippen LogP contribution in [0.3, 0.4) is 0 Å². The van der Waals surface area contributed by atoms with E-state index in [1.54, 1.807) is 0 Å². The molecule has 0 fully saturated rings. The Kier molecular flexibility index (Phi) is 54.3. The summed E-state index contributed by atoms with van der Waals surface area (Å²) < 4.78 is 0. The van der Waals surface area contributed by atoms with E-state index in [0.29, 0.717) is 0 Å². The van der Waals surface area contributed by atoms with Gasteiger partial charge in [-0.3, -0.25) is 0 Å². The zero-order valence-corrected chi connectivity index (χ0v) is 14.3. The second-order valence-corrected chi connectivity index (χ2v) is 5.76. The van der Waals surface area contributed by atoms with Crippen LogP contribution in [0.25, 0.3) is 0 Å². The molecule has 0 unspecified atom stereocenters. The lowest BCUT2D eigenvalue weighted by Crippen LogP contribution is -1.81. The summed E-state index contributed by atoms with van der Waals surface area (Å²) >= 11 is 0. The Morgan fingerprint density at radius 2 is 0.524 bits per heavy atom. The van der Waals surface area contributed by atoms with Crippen LogP contribution in [0.5, 0.6) is 0 Å². The summed E-state index contributed by atoms with van der Waals surface area (Å²) in [4.78, 5) is 17.1. The lowest BCUT2D eigenvalue weighted by Gasteiger charge is -1.79. The van der Waals surface area contributed by atoms with Gasteiger partial charge < -0.3 is 20.4 Å². The van der Waals surface area contributed by atoms with Gasteiger partial charge in [-0.25, -0.2) is 9.59 Å². The minimum atomic E-state index is -1.83. The number of rotatable bonds is 0. The normalized spacial score (nSPS) is 7.43. The molecule has 0 aromatic heterocycles. The molecular formula is C15H38O6. The molecule has 0 aromatic rings. The molecule has 4 N–H and O–H groups in total. The highest BCUT2D eigenvalue weighted by Crippen LogP contribution is 1.81. The SMILES string of the molecule is C.CC(C)C.CC(C)C.CC(C)C.O=C(O)O.O=C(O)O. The average Bonchev–Trinajstić information content (AvgIpc) is 1.94. The molecule has 0 saturated heterocycles. The molecule has 0 radical (unpaired) electrons. The molecule has 0 atom stereocenters. The van der Waals surface area contributed by atoms with E-state index in [1.807, 2.05) is 0 Å². The van der Waals surface area contributed by atoms with Crippen LogP contribution in [0.15, 0.2) is 0 Å². The fourth-order valence-electron chi connectivity index (χ4n) is 0. The smallest absolute Gasteiger partial charge is 0.450 e. The van der Waals surface area contributed by atoms with Crippen molar-refractivity contribution in [2.75, 3.05) is 0 Å². The second kappa shape index (κ2) is 31.1. The Balaban J connectivity index is -0.0000000331. The van der Waals surface area contributed by atoms with Gasteiger partial charge in [-0.05, 0) is 17.8 Å². The Morgan fingerprint density at radius 1 is 0.524 bits per heavy atom. The second-order valence-electron chi connectivity index (χ2n) is 5.76. The van der Waals surface area contributed by atoms with Gasteiger partial charge in [-0.15, -0.1) is 0 Å². The van der Waals surface area contributed by atoms with E-state index in [2.05, 4.69) is 62.3 Å². The Hall–Kier alpha value is -1.46. The van der Waals surface area contributed by atoms with E-state index >= 15 is 0 Å². The summed E-state index contributed by atoms with van der Waals surface area (Å²) in [6.45, 7) is 19.5. The maximum atomic E-state index is 8.56. The summed E-state index contributed by atoms with van der Waals surface area (Å²) in [5.41, 5.74) is 0. The van der Waals surface area contributed by atoms with E-state index in [9.17, 15) is 0 Å². The van der Waals surface area contributed by atoms with Crippen molar-refractivity contribution in [1.29, 1.82) is 0 Å². The van der Waals surface area contributed by atoms with Crippen LogP contribution in [0, 0.1) is 17.8 Å². The van der Waals surface area contributed by atoms with Crippen LogP contribution >= 0.6 is 0 Å². The largest absolute Gasteiger partial charge is 0.503 e. The van der Waals surface area contributed by atoms with Gasteiger partial charge in [0.1, 0.15) is 0 Å². The molecule has 0 amide bonds. The highest BCUT2D eigenvalue weighted by atomic mass is 16.6. The third kappa shape index (κ3) is 2380. The van der Waals surface area contributed by atoms with E-state index in [0.717, 1.165) is 17.8 Å². The first-order valence-electron chi connectivity index (χ1n) is 6.50. The van der Waals surface area contributed by atoms with Crippen molar-refractivity contribution in [2.45, 2.75) is 69.7 Å². The summed E-state index contributed by atoms with van der Waals surface area (Å²) in [7, 11) is 0.